The van der Waals surface area contributed by atoms with Gasteiger partial charge in [0, 0.05) is 29.3 Å². The molecular weight excluding hydrogens is 376 g/mol. The number of benzene rings is 1. The lowest BCUT2D eigenvalue weighted by Gasteiger charge is -2.28. The molecule has 0 bridgehead atoms. The number of nitrogens with zero attached hydrogens (tertiary/aromatic N) is 3. The van der Waals surface area contributed by atoms with Crippen LogP contribution in [0.5, 0.6) is 0 Å². The van der Waals surface area contributed by atoms with E-state index in [4.69, 9.17) is 12.2 Å². The van der Waals surface area contributed by atoms with Crippen LogP contribution in [0.15, 0.2) is 54.7 Å². The van der Waals surface area contributed by atoms with Crippen molar-refractivity contribution in [1.29, 1.82) is 0 Å². The SMILES string of the molecule is Cc1cccc(N2C(=S)N[C@@H](c3ccccn3)[C@@H]2c2cc(C)n(C3CC3)c2C)c1. The summed E-state index contributed by atoms with van der Waals surface area (Å²) in [6.45, 7) is 6.61. The van der Waals surface area contributed by atoms with Gasteiger partial charge in [-0.1, -0.05) is 18.2 Å². The van der Waals surface area contributed by atoms with Gasteiger partial charge < -0.3 is 14.8 Å². The van der Waals surface area contributed by atoms with Crippen LogP contribution in [0.1, 0.15) is 59.2 Å². The fraction of sp³-hybridized carbons (Fsp3) is 0.333. The van der Waals surface area contributed by atoms with E-state index in [1.807, 2.05) is 18.3 Å². The molecule has 1 N–H and O–H groups in total. The van der Waals surface area contributed by atoms with Crippen molar-refractivity contribution in [2.45, 2.75) is 51.7 Å². The van der Waals surface area contributed by atoms with E-state index in [0.717, 1.165) is 16.5 Å². The molecule has 5 rings (SSSR count). The van der Waals surface area contributed by atoms with Gasteiger partial charge in [-0.3, -0.25) is 4.98 Å². The minimum atomic E-state index is 0.0114. The van der Waals surface area contributed by atoms with Crippen molar-refractivity contribution in [2.75, 3.05) is 4.90 Å². The van der Waals surface area contributed by atoms with Crippen LogP contribution in [0, 0.1) is 20.8 Å². The Morgan fingerprint density at radius 3 is 2.55 bits per heavy atom. The Balaban J connectivity index is 1.67. The molecule has 3 heterocycles. The van der Waals surface area contributed by atoms with Crippen molar-refractivity contribution in [3.05, 3.63) is 82.9 Å². The molecule has 1 saturated heterocycles. The van der Waals surface area contributed by atoms with Crippen LogP contribution in [-0.2, 0) is 0 Å². The summed E-state index contributed by atoms with van der Waals surface area (Å²) in [5.41, 5.74) is 7.39. The highest BCUT2D eigenvalue weighted by atomic mass is 32.1. The lowest BCUT2D eigenvalue weighted by molar-refractivity contribution is 0.562. The number of nitrogens with one attached hydrogen (secondary N) is 1. The Kier molecular flexibility index (Phi) is 4.43. The molecule has 2 aromatic heterocycles. The molecule has 2 aliphatic rings. The zero-order valence-corrected chi connectivity index (χ0v) is 17.9. The first-order valence-corrected chi connectivity index (χ1v) is 10.7. The summed E-state index contributed by atoms with van der Waals surface area (Å²) < 4.78 is 2.51. The zero-order valence-electron chi connectivity index (χ0n) is 17.1. The summed E-state index contributed by atoms with van der Waals surface area (Å²) in [6, 6.07) is 17.8. The van der Waals surface area contributed by atoms with Crippen molar-refractivity contribution in [1.82, 2.24) is 14.9 Å². The molecular formula is C24H26N4S. The van der Waals surface area contributed by atoms with E-state index in [1.54, 1.807) is 0 Å². The predicted octanol–water partition coefficient (Wildman–Crippen LogP) is 5.32. The van der Waals surface area contributed by atoms with Gasteiger partial charge in [0.15, 0.2) is 5.11 Å². The molecule has 0 radical (unpaired) electrons. The first-order chi connectivity index (χ1) is 14.0. The normalized spacial score (nSPS) is 21.5. The summed E-state index contributed by atoms with van der Waals surface area (Å²) in [5.74, 6) is 0. The maximum absolute atomic E-state index is 5.85. The van der Waals surface area contributed by atoms with Crippen molar-refractivity contribution in [3.63, 3.8) is 0 Å². The lowest BCUT2D eigenvalue weighted by Crippen LogP contribution is -2.29. The largest absolute Gasteiger partial charge is 0.351 e. The van der Waals surface area contributed by atoms with Crippen molar-refractivity contribution in [3.8, 4) is 0 Å². The van der Waals surface area contributed by atoms with E-state index in [0.29, 0.717) is 6.04 Å². The van der Waals surface area contributed by atoms with Crippen LogP contribution in [0.4, 0.5) is 5.69 Å². The van der Waals surface area contributed by atoms with Crippen LogP contribution in [0.25, 0.3) is 0 Å². The standard InChI is InChI=1S/C24H26N4S/c1-15-7-6-8-19(13-15)28-23(20-14-16(2)27(17(20)3)18-10-11-18)22(26-24(28)29)21-9-4-5-12-25-21/h4-9,12-14,18,22-23H,10-11H2,1-3H3,(H,26,29)/t22-,23-/m0/s1. The average molecular weight is 403 g/mol. The first-order valence-electron chi connectivity index (χ1n) is 10.3. The number of thiocarbonyl (C=S) groups is 1. The van der Waals surface area contributed by atoms with Gasteiger partial charge in [-0.25, -0.2) is 0 Å². The number of aromatic nitrogens is 2. The maximum atomic E-state index is 5.85. The fourth-order valence-electron chi connectivity index (χ4n) is 4.72. The summed E-state index contributed by atoms with van der Waals surface area (Å²) in [6.07, 6.45) is 4.42. The quantitative estimate of drug-likeness (QED) is 0.599. The Labute approximate surface area is 177 Å². The number of hydrogen-bond acceptors (Lipinski definition) is 2. The second kappa shape index (κ2) is 6.99. The molecule has 1 aliphatic heterocycles. The van der Waals surface area contributed by atoms with Gasteiger partial charge in [-0.05, 0) is 87.3 Å². The van der Waals surface area contributed by atoms with Gasteiger partial charge in [-0.15, -0.1) is 0 Å². The highest BCUT2D eigenvalue weighted by Gasteiger charge is 2.42. The Bertz CT molecular complexity index is 1070. The fourth-order valence-corrected chi connectivity index (χ4v) is 5.07. The van der Waals surface area contributed by atoms with Gasteiger partial charge in [0.25, 0.3) is 0 Å². The third-order valence-electron chi connectivity index (χ3n) is 6.13. The van der Waals surface area contributed by atoms with Crippen LogP contribution in [0.2, 0.25) is 0 Å². The van der Waals surface area contributed by atoms with Crippen LogP contribution in [0.3, 0.4) is 0 Å². The van der Waals surface area contributed by atoms with E-state index >= 15 is 0 Å². The van der Waals surface area contributed by atoms with E-state index in [1.165, 1.54) is 35.4 Å². The minimum absolute atomic E-state index is 0.0114. The average Bonchev–Trinajstić information content (AvgIpc) is 3.42. The van der Waals surface area contributed by atoms with Gasteiger partial charge in [0.1, 0.15) is 0 Å². The summed E-state index contributed by atoms with van der Waals surface area (Å²) in [5, 5.41) is 4.33. The van der Waals surface area contributed by atoms with Crippen LogP contribution < -0.4 is 10.2 Å². The molecule has 148 valence electrons. The highest BCUT2D eigenvalue weighted by molar-refractivity contribution is 7.80. The van der Waals surface area contributed by atoms with Gasteiger partial charge in [0.2, 0.25) is 0 Å². The molecule has 1 saturated carbocycles. The molecule has 29 heavy (non-hydrogen) atoms. The second-order valence-corrected chi connectivity index (χ2v) is 8.65. The Morgan fingerprint density at radius 1 is 1.03 bits per heavy atom. The van der Waals surface area contributed by atoms with Crippen LogP contribution in [-0.4, -0.2) is 14.7 Å². The van der Waals surface area contributed by atoms with Crippen LogP contribution >= 0.6 is 12.2 Å². The Morgan fingerprint density at radius 2 is 1.86 bits per heavy atom. The van der Waals surface area contributed by atoms with E-state index in [2.05, 4.69) is 76.9 Å². The van der Waals surface area contributed by atoms with Gasteiger partial charge in [-0.2, -0.15) is 0 Å². The molecule has 1 aliphatic carbocycles. The Hall–Kier alpha value is -2.66. The number of rotatable bonds is 4. The third-order valence-corrected chi connectivity index (χ3v) is 6.45. The number of pyridine rings is 1. The molecule has 2 fully saturated rings. The molecule has 0 spiro atoms. The number of aryl methyl sites for hydroxylation is 2. The summed E-state index contributed by atoms with van der Waals surface area (Å²) in [7, 11) is 0. The molecule has 2 atom stereocenters. The van der Waals surface area contributed by atoms with Crippen molar-refractivity contribution >= 4 is 23.0 Å². The van der Waals surface area contributed by atoms with E-state index in [9.17, 15) is 0 Å². The topological polar surface area (TPSA) is 33.1 Å². The summed E-state index contributed by atoms with van der Waals surface area (Å²) in [4.78, 5) is 6.95. The molecule has 4 nitrogen and oxygen atoms in total. The number of anilines is 1. The number of hydrogen-bond donors (Lipinski definition) is 1. The summed E-state index contributed by atoms with van der Waals surface area (Å²) >= 11 is 5.85. The van der Waals surface area contributed by atoms with E-state index < -0.39 is 0 Å². The molecule has 0 unspecified atom stereocenters. The lowest BCUT2D eigenvalue weighted by atomic mass is 9.96. The zero-order chi connectivity index (χ0) is 20.1. The maximum Gasteiger partial charge on any atom is 0.174 e. The molecule has 3 aromatic rings. The van der Waals surface area contributed by atoms with E-state index in [-0.39, 0.29) is 12.1 Å². The molecule has 1 aromatic carbocycles. The van der Waals surface area contributed by atoms with Crippen molar-refractivity contribution < 1.29 is 0 Å². The highest BCUT2D eigenvalue weighted by Crippen LogP contribution is 2.46. The smallest absolute Gasteiger partial charge is 0.174 e. The van der Waals surface area contributed by atoms with Gasteiger partial charge in [0.05, 0.1) is 17.8 Å². The monoisotopic (exact) mass is 402 g/mol. The third kappa shape index (κ3) is 3.14. The van der Waals surface area contributed by atoms with Crippen molar-refractivity contribution in [2.24, 2.45) is 0 Å². The molecule has 0 amide bonds. The second-order valence-electron chi connectivity index (χ2n) is 8.26. The minimum Gasteiger partial charge on any atom is -0.351 e. The first kappa shape index (κ1) is 18.4. The predicted molar refractivity (Wildman–Crippen MR) is 121 cm³/mol. The molecule has 5 heteroatoms. The van der Waals surface area contributed by atoms with Gasteiger partial charge >= 0.3 is 0 Å².